The molecule has 0 aliphatic carbocycles. The summed E-state index contributed by atoms with van der Waals surface area (Å²) in [5, 5.41) is 1.26. The summed E-state index contributed by atoms with van der Waals surface area (Å²) < 4.78 is 103. The minimum absolute atomic E-state index is 0.0150. The molecule has 0 N–H and O–H groups in total. The van der Waals surface area contributed by atoms with Gasteiger partial charge in [0.15, 0.2) is 0 Å². The number of alkyl halides is 6. The van der Waals surface area contributed by atoms with Crippen molar-refractivity contribution in [3.63, 3.8) is 0 Å². The average molecular weight is 1030 g/mol. The van der Waals surface area contributed by atoms with Gasteiger partial charge in [0.1, 0.15) is 0 Å². The number of hydrogen-bond donors (Lipinski definition) is 0. The van der Waals surface area contributed by atoms with Crippen LogP contribution in [0.15, 0.2) is 109 Å². The van der Waals surface area contributed by atoms with Gasteiger partial charge >= 0.3 is 24.3 Å². The fourth-order valence-corrected chi connectivity index (χ4v) is 8.89. The molecule has 74 heavy (non-hydrogen) atoms. The van der Waals surface area contributed by atoms with Crippen LogP contribution in [0.5, 0.6) is 0 Å². The Bertz CT molecular complexity index is 2990. The number of nitrogens with zero attached hydrogens (tertiary/aromatic N) is 4. The highest BCUT2D eigenvalue weighted by atomic mass is 19.4. The molecule has 0 fully saturated rings. The molecule has 0 saturated carbocycles. The first-order chi connectivity index (χ1) is 35.2. The van der Waals surface area contributed by atoms with Gasteiger partial charge in [-0.25, -0.2) is 14.9 Å². The monoisotopic (exact) mass is 1030 g/mol. The van der Waals surface area contributed by atoms with Crippen molar-refractivity contribution in [1.82, 2.24) is 9.96 Å². The molecule has 0 bridgehead atoms. The van der Waals surface area contributed by atoms with Crippen molar-refractivity contribution in [3.05, 3.63) is 154 Å². The van der Waals surface area contributed by atoms with E-state index in [1.54, 1.807) is 6.08 Å². The molecular formula is C52H42F6N4O12. The lowest BCUT2D eigenvalue weighted by Crippen LogP contribution is -2.55. The zero-order valence-electron chi connectivity index (χ0n) is 38.8. The first-order valence-corrected chi connectivity index (χ1v) is 23.0. The fraction of sp³-hybridized carbons (Fsp3) is 0.288. The van der Waals surface area contributed by atoms with Crippen molar-refractivity contribution in [2.24, 2.45) is 0 Å². The van der Waals surface area contributed by atoms with E-state index in [0.717, 1.165) is 17.1 Å². The Morgan fingerprint density at radius 3 is 1.43 bits per heavy atom. The summed E-state index contributed by atoms with van der Waals surface area (Å²) in [5.74, 6) is -7.01. The van der Waals surface area contributed by atoms with Gasteiger partial charge < -0.3 is 9.47 Å². The predicted molar refractivity (Wildman–Crippen MR) is 246 cm³/mol. The molecule has 0 saturated heterocycles. The highest BCUT2D eigenvalue weighted by molar-refractivity contribution is 6.35. The van der Waals surface area contributed by atoms with Crippen LogP contribution in [0.25, 0.3) is 0 Å². The maximum atomic E-state index is 15.5. The Morgan fingerprint density at radius 1 is 0.514 bits per heavy atom. The van der Waals surface area contributed by atoms with E-state index in [2.05, 4.69) is 0 Å². The number of esters is 2. The number of ether oxygens (including phenoxy) is 2. The number of carbonyl (C=O) groups excluding carboxylic acids is 9. The zero-order chi connectivity index (χ0) is 53.1. The van der Waals surface area contributed by atoms with E-state index in [1.165, 1.54) is 59.7 Å². The Labute approximate surface area is 416 Å². The topological polar surface area (TPSA) is 194 Å². The van der Waals surface area contributed by atoms with Crippen LogP contribution in [0.1, 0.15) is 95.8 Å². The maximum Gasteiger partial charge on any atom is 0.411 e. The Hall–Kier alpha value is -8.27. The summed E-state index contributed by atoms with van der Waals surface area (Å²) in [4.78, 5) is 122. The number of fused-ring (bicyclic) bond motifs is 2. The van der Waals surface area contributed by atoms with Crippen molar-refractivity contribution < 1.29 is 83.8 Å². The van der Waals surface area contributed by atoms with Crippen LogP contribution < -0.4 is 9.80 Å². The number of rotatable bonds is 19. The number of imide groups is 3. The van der Waals surface area contributed by atoms with Crippen LogP contribution in [0.4, 0.5) is 37.7 Å². The lowest BCUT2D eigenvalue weighted by Gasteiger charge is -2.38. The first-order valence-electron chi connectivity index (χ1n) is 23.0. The van der Waals surface area contributed by atoms with E-state index in [4.69, 9.17) is 14.3 Å². The SMILES string of the molecule is O=C(CCCCCN1OCC=CC1=O)OCCc1ccc(N2C(=O)c3ccc(C(c4ccc5c(c4)C(=O)N(c4ccc(CCOC(=O)CCN6C(=O)C=CC6=O)cc4)C5=O)(C(F)(F)F)C(F)(F)F)cc3C2=O)cc1. The molecule has 4 heterocycles. The van der Waals surface area contributed by atoms with E-state index < -0.39 is 98.5 Å². The number of amides is 7. The molecule has 4 aromatic rings. The second-order valence-electron chi connectivity index (χ2n) is 17.3. The van der Waals surface area contributed by atoms with Gasteiger partial charge in [0.2, 0.25) is 5.41 Å². The van der Waals surface area contributed by atoms with Crippen molar-refractivity contribution in [2.75, 3.05) is 42.7 Å². The molecule has 384 valence electrons. The molecule has 0 atom stereocenters. The van der Waals surface area contributed by atoms with Gasteiger partial charge in [-0.3, -0.25) is 52.9 Å². The Morgan fingerprint density at radius 2 is 0.973 bits per heavy atom. The molecular weight excluding hydrogens is 987 g/mol. The molecule has 8 rings (SSSR count). The second kappa shape index (κ2) is 21.1. The third-order valence-corrected chi connectivity index (χ3v) is 12.7. The van der Waals surface area contributed by atoms with Crippen LogP contribution in [-0.2, 0) is 56.5 Å². The van der Waals surface area contributed by atoms with E-state index in [0.29, 0.717) is 89.7 Å². The molecule has 0 unspecified atom stereocenters. The van der Waals surface area contributed by atoms with E-state index in [-0.39, 0.29) is 62.7 Å². The molecule has 0 radical (unpaired) electrons. The third kappa shape index (κ3) is 10.2. The van der Waals surface area contributed by atoms with Crippen LogP contribution in [0.2, 0.25) is 0 Å². The molecule has 22 heteroatoms. The van der Waals surface area contributed by atoms with Crippen molar-refractivity contribution in [1.29, 1.82) is 0 Å². The first kappa shape index (κ1) is 52.1. The number of hydroxylamine groups is 2. The number of halogens is 6. The third-order valence-electron chi connectivity index (χ3n) is 12.7. The Balaban J connectivity index is 0.919. The summed E-state index contributed by atoms with van der Waals surface area (Å²) in [6.45, 7) is 0.349. The molecule has 4 aromatic carbocycles. The van der Waals surface area contributed by atoms with Gasteiger partial charge in [0.05, 0.1) is 59.9 Å². The maximum absolute atomic E-state index is 15.5. The molecule has 16 nitrogen and oxygen atoms in total. The summed E-state index contributed by atoms with van der Waals surface area (Å²) in [7, 11) is 0. The lowest BCUT2D eigenvalue weighted by atomic mass is 9.71. The number of carbonyl (C=O) groups is 9. The average Bonchev–Trinajstić information content (AvgIpc) is 3.91. The quantitative estimate of drug-likeness (QED) is 0.0402. The van der Waals surface area contributed by atoms with Crippen LogP contribution in [-0.4, -0.2) is 109 Å². The van der Waals surface area contributed by atoms with Gasteiger partial charge in [-0.2, -0.15) is 26.3 Å². The molecule has 0 spiro atoms. The summed E-state index contributed by atoms with van der Waals surface area (Å²) >= 11 is 0. The van der Waals surface area contributed by atoms with Crippen molar-refractivity contribution >= 4 is 64.7 Å². The normalized spacial score (nSPS) is 15.7. The van der Waals surface area contributed by atoms with Crippen LogP contribution in [0.3, 0.4) is 0 Å². The van der Waals surface area contributed by atoms with Gasteiger partial charge in [0, 0.05) is 50.6 Å². The zero-order valence-corrected chi connectivity index (χ0v) is 38.8. The molecule has 4 aliphatic rings. The van der Waals surface area contributed by atoms with Gasteiger partial charge in [-0.05, 0) is 83.6 Å². The van der Waals surface area contributed by atoms with Crippen LogP contribution >= 0.6 is 0 Å². The largest absolute Gasteiger partial charge is 0.465 e. The lowest BCUT2D eigenvalue weighted by molar-refractivity contribution is -0.288. The predicted octanol–water partition coefficient (Wildman–Crippen LogP) is 7.08. The molecule has 0 aromatic heterocycles. The van der Waals surface area contributed by atoms with E-state index in [1.807, 2.05) is 0 Å². The second-order valence-corrected chi connectivity index (χ2v) is 17.3. The fourth-order valence-electron chi connectivity index (χ4n) is 8.89. The minimum Gasteiger partial charge on any atom is -0.465 e. The summed E-state index contributed by atoms with van der Waals surface area (Å²) in [5.41, 5.74) is -9.34. The number of unbranched alkanes of at least 4 members (excludes halogenated alkanes) is 2. The van der Waals surface area contributed by atoms with E-state index in [9.17, 15) is 43.2 Å². The standard InChI is InChI=1S/C52H42F6N4O12/c53-51(54,55)50(52(56,57)58,34-12-18-38-40(30-34)49(71)62(47(38)69)36-15-9-32(10-16-36)23-28-73-45(67)21-25-59-41(63)19-20-42(59)64)33-11-17-37-39(29-33)48(70)61(46(37)68)35-13-7-31(8-14-35)22-27-72-44(66)6-2-1-3-24-60-43(65)5-4-26-74-60/h4-5,7-20,29-30H,1-3,6,21-28H2. The number of benzene rings is 4. The number of anilines is 2. The van der Waals surface area contributed by atoms with E-state index >= 15 is 26.3 Å². The smallest absolute Gasteiger partial charge is 0.411 e. The number of hydrogen-bond acceptors (Lipinski definition) is 12. The molecule has 7 amide bonds. The van der Waals surface area contributed by atoms with Gasteiger partial charge in [-0.1, -0.05) is 48.9 Å². The van der Waals surface area contributed by atoms with Crippen molar-refractivity contribution in [3.8, 4) is 0 Å². The highest BCUT2D eigenvalue weighted by Crippen LogP contribution is 2.57. The molecule has 4 aliphatic heterocycles. The van der Waals surface area contributed by atoms with Gasteiger partial charge in [-0.15, -0.1) is 0 Å². The van der Waals surface area contributed by atoms with Gasteiger partial charge in [0.25, 0.3) is 41.4 Å². The minimum atomic E-state index is -6.19. The summed E-state index contributed by atoms with van der Waals surface area (Å²) in [6, 6.07) is 14.1. The highest BCUT2D eigenvalue weighted by Gasteiger charge is 2.73. The van der Waals surface area contributed by atoms with Crippen molar-refractivity contribution in [2.45, 2.75) is 62.7 Å². The Kier molecular flexibility index (Phi) is 14.8. The summed E-state index contributed by atoms with van der Waals surface area (Å²) in [6.07, 6.45) is -5.19. The van der Waals surface area contributed by atoms with Crippen LogP contribution in [0, 0.1) is 0 Å².